The first-order valence-corrected chi connectivity index (χ1v) is 9.39. The molecule has 2 amide bonds. The minimum absolute atomic E-state index is 0.0288. The lowest BCUT2D eigenvalue weighted by molar-refractivity contribution is 0.235. The van der Waals surface area contributed by atoms with E-state index in [-0.39, 0.29) is 29.0 Å². The second-order valence-electron chi connectivity index (χ2n) is 6.32. The SMILES string of the molecule is CC(C)(CNC(=O)NC1CCS(=O)(=O)C1)c1ccc(Cl)cc1. The number of benzene rings is 1. The molecule has 1 aliphatic heterocycles. The summed E-state index contributed by atoms with van der Waals surface area (Å²) >= 11 is 5.88. The third-order valence-corrected chi connectivity index (χ3v) is 5.90. The van der Waals surface area contributed by atoms with Gasteiger partial charge >= 0.3 is 6.03 Å². The molecular weight excluding hydrogens is 324 g/mol. The van der Waals surface area contributed by atoms with Crippen molar-refractivity contribution >= 4 is 27.5 Å². The van der Waals surface area contributed by atoms with Crippen LogP contribution >= 0.6 is 11.6 Å². The van der Waals surface area contributed by atoms with Crippen LogP contribution in [-0.4, -0.2) is 38.5 Å². The van der Waals surface area contributed by atoms with Crippen LogP contribution in [0.5, 0.6) is 0 Å². The molecule has 1 aromatic carbocycles. The molecule has 0 bridgehead atoms. The predicted molar refractivity (Wildman–Crippen MR) is 88.1 cm³/mol. The molecule has 1 atom stereocenters. The molecule has 5 nitrogen and oxygen atoms in total. The molecule has 2 rings (SSSR count). The van der Waals surface area contributed by atoms with Crippen LogP contribution in [0.15, 0.2) is 24.3 Å². The molecule has 7 heteroatoms. The van der Waals surface area contributed by atoms with Gasteiger partial charge in [-0.2, -0.15) is 0 Å². The van der Waals surface area contributed by atoms with Gasteiger partial charge in [-0.3, -0.25) is 0 Å². The maximum Gasteiger partial charge on any atom is 0.315 e. The van der Waals surface area contributed by atoms with Crippen LogP contribution in [0.1, 0.15) is 25.8 Å². The van der Waals surface area contributed by atoms with E-state index >= 15 is 0 Å². The number of carbonyl (C=O) groups is 1. The molecule has 1 aromatic rings. The molecule has 1 fully saturated rings. The highest BCUT2D eigenvalue weighted by molar-refractivity contribution is 7.91. The van der Waals surface area contributed by atoms with E-state index in [0.29, 0.717) is 18.0 Å². The van der Waals surface area contributed by atoms with Crippen molar-refractivity contribution in [2.75, 3.05) is 18.1 Å². The fourth-order valence-electron chi connectivity index (χ4n) is 2.45. The average molecular weight is 345 g/mol. The highest BCUT2D eigenvalue weighted by Crippen LogP contribution is 2.23. The Morgan fingerprint density at radius 3 is 2.50 bits per heavy atom. The van der Waals surface area contributed by atoms with Crippen LogP contribution in [-0.2, 0) is 15.3 Å². The van der Waals surface area contributed by atoms with E-state index in [4.69, 9.17) is 11.6 Å². The average Bonchev–Trinajstić information content (AvgIpc) is 2.76. The van der Waals surface area contributed by atoms with Gasteiger partial charge in [0, 0.05) is 23.0 Å². The van der Waals surface area contributed by atoms with Gasteiger partial charge in [-0.1, -0.05) is 37.6 Å². The minimum Gasteiger partial charge on any atom is -0.337 e. The quantitative estimate of drug-likeness (QED) is 0.878. The minimum atomic E-state index is -2.99. The zero-order chi connectivity index (χ0) is 16.4. The van der Waals surface area contributed by atoms with Gasteiger partial charge < -0.3 is 10.6 Å². The molecule has 2 N–H and O–H groups in total. The summed E-state index contributed by atoms with van der Waals surface area (Å²) < 4.78 is 22.7. The van der Waals surface area contributed by atoms with Crippen molar-refractivity contribution in [1.29, 1.82) is 0 Å². The van der Waals surface area contributed by atoms with Crippen molar-refractivity contribution in [2.45, 2.75) is 31.7 Å². The Morgan fingerprint density at radius 2 is 1.95 bits per heavy atom. The van der Waals surface area contributed by atoms with E-state index in [1.54, 1.807) is 0 Å². The summed E-state index contributed by atoms with van der Waals surface area (Å²) in [6, 6.07) is 6.90. The number of urea groups is 1. The topological polar surface area (TPSA) is 75.3 Å². The number of hydrogen-bond acceptors (Lipinski definition) is 3. The number of hydrogen-bond donors (Lipinski definition) is 2. The second kappa shape index (κ2) is 6.46. The number of nitrogens with one attached hydrogen (secondary N) is 2. The summed E-state index contributed by atoms with van der Waals surface area (Å²) in [6.45, 7) is 4.49. The lowest BCUT2D eigenvalue weighted by Gasteiger charge is -2.26. The second-order valence-corrected chi connectivity index (χ2v) is 8.98. The maximum atomic E-state index is 11.9. The Bertz CT molecular complexity index is 641. The van der Waals surface area contributed by atoms with E-state index in [2.05, 4.69) is 10.6 Å². The molecule has 0 spiro atoms. The third-order valence-electron chi connectivity index (χ3n) is 3.88. The molecule has 1 heterocycles. The van der Waals surface area contributed by atoms with Crippen molar-refractivity contribution in [3.63, 3.8) is 0 Å². The standard InChI is InChI=1S/C15H21ClN2O3S/c1-15(2,11-3-5-12(16)6-4-11)10-17-14(19)18-13-7-8-22(20,21)9-13/h3-6,13H,7-10H2,1-2H3,(H2,17,18,19). The van der Waals surface area contributed by atoms with Crippen molar-refractivity contribution in [3.05, 3.63) is 34.9 Å². The highest BCUT2D eigenvalue weighted by Gasteiger charge is 2.29. The smallest absolute Gasteiger partial charge is 0.315 e. The predicted octanol–water partition coefficient (Wildman–Crippen LogP) is 2.10. The summed E-state index contributed by atoms with van der Waals surface area (Å²) in [5.41, 5.74) is 0.824. The summed E-state index contributed by atoms with van der Waals surface area (Å²) in [6.07, 6.45) is 0.482. The number of amides is 2. The lowest BCUT2D eigenvalue weighted by Crippen LogP contribution is -2.46. The first-order chi connectivity index (χ1) is 10.2. The van der Waals surface area contributed by atoms with E-state index in [9.17, 15) is 13.2 Å². The number of rotatable bonds is 4. The molecule has 1 unspecified atom stereocenters. The summed E-state index contributed by atoms with van der Waals surface area (Å²) in [4.78, 5) is 11.9. The van der Waals surface area contributed by atoms with Gasteiger partial charge in [0.15, 0.2) is 9.84 Å². The normalized spacial score (nSPS) is 20.6. The first kappa shape index (κ1) is 17.1. The van der Waals surface area contributed by atoms with E-state index in [1.807, 2.05) is 38.1 Å². The Morgan fingerprint density at radius 1 is 1.32 bits per heavy atom. The van der Waals surface area contributed by atoms with Gasteiger partial charge in [-0.05, 0) is 24.1 Å². The molecule has 122 valence electrons. The van der Waals surface area contributed by atoms with Crippen LogP contribution in [0, 0.1) is 0 Å². The van der Waals surface area contributed by atoms with Crippen LogP contribution in [0.25, 0.3) is 0 Å². The molecule has 0 saturated carbocycles. The fraction of sp³-hybridized carbons (Fsp3) is 0.533. The summed E-state index contributed by atoms with van der Waals surface area (Å²) in [5.74, 6) is 0.176. The van der Waals surface area contributed by atoms with Gasteiger partial charge in [0.25, 0.3) is 0 Å². The summed E-state index contributed by atoms with van der Waals surface area (Å²) in [7, 11) is -2.99. The van der Waals surface area contributed by atoms with Crippen LogP contribution in [0.4, 0.5) is 4.79 Å². The van der Waals surface area contributed by atoms with E-state index in [1.165, 1.54) is 0 Å². The van der Waals surface area contributed by atoms with Crippen LogP contribution < -0.4 is 10.6 Å². The fourth-order valence-corrected chi connectivity index (χ4v) is 4.25. The maximum absolute atomic E-state index is 11.9. The van der Waals surface area contributed by atoms with Crippen LogP contribution in [0.2, 0.25) is 5.02 Å². The number of carbonyl (C=O) groups excluding carboxylic acids is 1. The highest BCUT2D eigenvalue weighted by atomic mass is 35.5. The first-order valence-electron chi connectivity index (χ1n) is 7.19. The molecule has 0 aromatic heterocycles. The third kappa shape index (κ3) is 4.61. The van der Waals surface area contributed by atoms with Gasteiger partial charge in [0.1, 0.15) is 0 Å². The monoisotopic (exact) mass is 344 g/mol. The van der Waals surface area contributed by atoms with Gasteiger partial charge in [0.2, 0.25) is 0 Å². The zero-order valence-electron chi connectivity index (χ0n) is 12.7. The van der Waals surface area contributed by atoms with Gasteiger partial charge in [-0.15, -0.1) is 0 Å². The zero-order valence-corrected chi connectivity index (χ0v) is 14.3. The van der Waals surface area contributed by atoms with E-state index < -0.39 is 9.84 Å². The number of halogens is 1. The Balaban J connectivity index is 1.86. The van der Waals surface area contributed by atoms with Crippen molar-refractivity contribution in [2.24, 2.45) is 0 Å². The summed E-state index contributed by atoms with van der Waals surface area (Å²) in [5, 5.41) is 6.20. The Labute approximate surface area is 136 Å². The van der Waals surface area contributed by atoms with Crippen molar-refractivity contribution in [1.82, 2.24) is 10.6 Å². The van der Waals surface area contributed by atoms with E-state index in [0.717, 1.165) is 5.56 Å². The van der Waals surface area contributed by atoms with Gasteiger partial charge in [-0.25, -0.2) is 13.2 Å². The molecule has 1 saturated heterocycles. The molecule has 0 radical (unpaired) electrons. The lowest BCUT2D eigenvalue weighted by atomic mass is 9.85. The largest absolute Gasteiger partial charge is 0.337 e. The molecule has 0 aliphatic carbocycles. The molecular formula is C15H21ClN2O3S. The van der Waals surface area contributed by atoms with Crippen molar-refractivity contribution in [3.8, 4) is 0 Å². The molecule has 22 heavy (non-hydrogen) atoms. The van der Waals surface area contributed by atoms with Gasteiger partial charge in [0.05, 0.1) is 11.5 Å². The molecule has 1 aliphatic rings. The Kier molecular flexibility index (Phi) is 5.02. The van der Waals surface area contributed by atoms with Crippen LogP contribution in [0.3, 0.4) is 0 Å². The number of sulfone groups is 1. The van der Waals surface area contributed by atoms with Crippen molar-refractivity contribution < 1.29 is 13.2 Å². The Hall–Kier alpha value is -1.27.